The van der Waals surface area contributed by atoms with Crippen molar-refractivity contribution in [2.45, 2.75) is 19.1 Å². The number of methoxy groups -OCH3 is 1. The summed E-state index contributed by atoms with van der Waals surface area (Å²) in [5, 5.41) is 16.7. The molecule has 0 aliphatic heterocycles. The highest BCUT2D eigenvalue weighted by Gasteiger charge is 2.21. The number of carbonyl (C=O) groups is 2. The van der Waals surface area contributed by atoms with Crippen molar-refractivity contribution in [2.24, 2.45) is 10.3 Å². The van der Waals surface area contributed by atoms with E-state index in [-0.39, 0.29) is 18.9 Å². The van der Waals surface area contributed by atoms with E-state index in [1.165, 1.54) is 20.4 Å². The Bertz CT molecular complexity index is 913. The molecule has 0 aliphatic rings. The van der Waals surface area contributed by atoms with Crippen LogP contribution in [0.15, 0.2) is 64.9 Å². The maximum absolute atomic E-state index is 11.9. The molecule has 1 atom stereocenters. The van der Waals surface area contributed by atoms with Gasteiger partial charge in [0.1, 0.15) is 7.11 Å². The maximum atomic E-state index is 11.9. The molecule has 0 spiro atoms. The highest BCUT2D eigenvalue weighted by molar-refractivity contribution is 6.42. The zero-order valence-corrected chi connectivity index (χ0v) is 17.3. The minimum Gasteiger partial charge on any atom is -0.476 e. The van der Waals surface area contributed by atoms with Gasteiger partial charge in [0.25, 0.3) is 0 Å². The van der Waals surface area contributed by atoms with Crippen LogP contribution in [-0.4, -0.2) is 55.9 Å². The predicted molar refractivity (Wildman–Crippen MR) is 113 cm³/mol. The van der Waals surface area contributed by atoms with Gasteiger partial charge in [-0.25, -0.2) is 9.59 Å². The number of carboxylic acid groups (broad SMARTS) is 1. The average molecular weight is 428 g/mol. The molecule has 0 aliphatic carbocycles. The van der Waals surface area contributed by atoms with Crippen molar-refractivity contribution in [1.29, 1.82) is 0 Å². The first kappa shape index (κ1) is 23.6. The summed E-state index contributed by atoms with van der Waals surface area (Å²) in [6.45, 7) is 0.194. The number of hydrogen-bond acceptors (Lipinski definition) is 8. The molecule has 1 unspecified atom stereocenters. The molecule has 0 saturated carbocycles. The number of benzene rings is 2. The van der Waals surface area contributed by atoms with E-state index in [1.54, 1.807) is 24.3 Å². The van der Waals surface area contributed by atoms with E-state index in [4.69, 9.17) is 14.3 Å². The minimum absolute atomic E-state index is 0.0807. The van der Waals surface area contributed by atoms with Crippen molar-refractivity contribution in [3.8, 4) is 0 Å². The molecule has 2 rings (SSSR count). The normalized spacial score (nSPS) is 12.4. The maximum Gasteiger partial charge on any atom is 0.358 e. The van der Waals surface area contributed by atoms with Crippen LogP contribution in [0, 0.1) is 0 Å². The fourth-order valence-electron chi connectivity index (χ4n) is 2.66. The van der Waals surface area contributed by atoms with Crippen LogP contribution >= 0.6 is 0 Å². The van der Waals surface area contributed by atoms with Gasteiger partial charge in [0.05, 0.1) is 26.5 Å². The Hall–Kier alpha value is -3.72. The van der Waals surface area contributed by atoms with E-state index in [2.05, 4.69) is 15.1 Å². The van der Waals surface area contributed by atoms with Crippen molar-refractivity contribution in [3.05, 3.63) is 71.3 Å². The SMILES string of the molecule is CO/N=C(/C(=O)O)c1ccccc1COC/C=N/OC(Cc1ccccc1)C(=O)OC. The second-order valence-electron chi connectivity index (χ2n) is 6.19. The van der Waals surface area contributed by atoms with Crippen LogP contribution in [0.1, 0.15) is 16.7 Å². The van der Waals surface area contributed by atoms with E-state index in [0.717, 1.165) is 5.56 Å². The van der Waals surface area contributed by atoms with Crippen molar-refractivity contribution in [1.82, 2.24) is 0 Å². The molecule has 0 heterocycles. The predicted octanol–water partition coefficient (Wildman–Crippen LogP) is 2.43. The van der Waals surface area contributed by atoms with Gasteiger partial charge in [-0.05, 0) is 11.1 Å². The van der Waals surface area contributed by atoms with Crippen molar-refractivity contribution in [2.75, 3.05) is 20.8 Å². The number of oxime groups is 2. The Labute approximate surface area is 179 Å². The van der Waals surface area contributed by atoms with Crippen LogP contribution in [0.2, 0.25) is 0 Å². The molecule has 9 nitrogen and oxygen atoms in total. The lowest BCUT2D eigenvalue weighted by molar-refractivity contribution is -0.154. The highest BCUT2D eigenvalue weighted by Crippen LogP contribution is 2.12. The number of hydrogen-bond donors (Lipinski definition) is 1. The molecule has 9 heteroatoms. The van der Waals surface area contributed by atoms with Gasteiger partial charge in [-0.1, -0.05) is 64.9 Å². The first-order valence-corrected chi connectivity index (χ1v) is 9.36. The number of nitrogens with zero attached hydrogens (tertiary/aromatic N) is 2. The third-order valence-electron chi connectivity index (χ3n) is 4.10. The van der Waals surface area contributed by atoms with Gasteiger partial charge in [-0.2, -0.15) is 0 Å². The molecule has 0 saturated heterocycles. The van der Waals surface area contributed by atoms with Crippen LogP contribution in [-0.2, 0) is 41.8 Å². The average Bonchev–Trinajstić information content (AvgIpc) is 2.79. The lowest BCUT2D eigenvalue weighted by Gasteiger charge is -2.12. The summed E-state index contributed by atoms with van der Waals surface area (Å²) in [7, 11) is 2.56. The quantitative estimate of drug-likeness (QED) is 0.239. The van der Waals surface area contributed by atoms with Gasteiger partial charge in [0.15, 0.2) is 5.71 Å². The summed E-state index contributed by atoms with van der Waals surface area (Å²) < 4.78 is 10.3. The zero-order chi connectivity index (χ0) is 22.5. The van der Waals surface area contributed by atoms with E-state index in [1.807, 2.05) is 30.3 Å². The first-order chi connectivity index (χ1) is 15.1. The first-order valence-electron chi connectivity index (χ1n) is 9.36. The molecule has 0 aromatic heterocycles. The number of carboxylic acids is 1. The Morgan fingerprint density at radius 1 is 1.06 bits per heavy atom. The molecule has 0 amide bonds. The second-order valence-corrected chi connectivity index (χ2v) is 6.19. The third kappa shape index (κ3) is 7.56. The molecule has 1 N–H and O–H groups in total. The van der Waals surface area contributed by atoms with Gasteiger partial charge in [-0.3, -0.25) is 0 Å². The zero-order valence-electron chi connectivity index (χ0n) is 17.3. The second kappa shape index (κ2) is 12.8. The lowest BCUT2D eigenvalue weighted by atomic mass is 10.0. The summed E-state index contributed by atoms with van der Waals surface area (Å²) in [5.41, 5.74) is 1.69. The minimum atomic E-state index is -1.21. The molecule has 31 heavy (non-hydrogen) atoms. The van der Waals surface area contributed by atoms with Gasteiger partial charge in [-0.15, -0.1) is 0 Å². The van der Waals surface area contributed by atoms with Crippen molar-refractivity contribution >= 4 is 23.9 Å². The monoisotopic (exact) mass is 428 g/mol. The Balaban J connectivity index is 1.91. The largest absolute Gasteiger partial charge is 0.476 e. The molecule has 0 bridgehead atoms. The third-order valence-corrected chi connectivity index (χ3v) is 4.10. The number of ether oxygens (including phenoxy) is 2. The molecular weight excluding hydrogens is 404 g/mol. The molecule has 164 valence electrons. The van der Waals surface area contributed by atoms with Crippen LogP contribution in [0.5, 0.6) is 0 Å². The van der Waals surface area contributed by atoms with Crippen LogP contribution in [0.4, 0.5) is 0 Å². The standard InChI is InChI=1S/C22H24N2O7/c1-28-22(27)19(14-16-8-4-3-5-9-16)31-23-12-13-30-15-17-10-6-7-11-18(17)20(21(25)26)24-29-2/h3-12,19H,13-15H2,1-2H3,(H,25,26)/b23-12+,24-20+. The summed E-state index contributed by atoms with van der Waals surface area (Å²) in [4.78, 5) is 33.2. The lowest BCUT2D eigenvalue weighted by Crippen LogP contribution is -2.26. The topological polar surface area (TPSA) is 116 Å². The Morgan fingerprint density at radius 3 is 2.45 bits per heavy atom. The van der Waals surface area contributed by atoms with Crippen LogP contribution < -0.4 is 0 Å². The molecule has 2 aromatic carbocycles. The van der Waals surface area contributed by atoms with Gasteiger partial charge < -0.3 is 24.3 Å². The van der Waals surface area contributed by atoms with Gasteiger partial charge in [0.2, 0.25) is 6.10 Å². The summed E-state index contributed by atoms with van der Waals surface area (Å²) in [6, 6.07) is 16.2. The smallest absolute Gasteiger partial charge is 0.358 e. The van der Waals surface area contributed by atoms with Gasteiger partial charge in [0, 0.05) is 12.0 Å². The van der Waals surface area contributed by atoms with E-state index < -0.39 is 18.0 Å². The van der Waals surface area contributed by atoms with E-state index in [0.29, 0.717) is 17.5 Å². The molecule has 0 fully saturated rings. The molecular formula is C22H24N2O7. The van der Waals surface area contributed by atoms with Crippen molar-refractivity contribution in [3.63, 3.8) is 0 Å². The fraction of sp³-hybridized carbons (Fsp3) is 0.273. The van der Waals surface area contributed by atoms with Gasteiger partial charge >= 0.3 is 11.9 Å². The molecule has 0 radical (unpaired) electrons. The summed E-state index contributed by atoms with van der Waals surface area (Å²) in [5.74, 6) is -1.74. The van der Waals surface area contributed by atoms with E-state index in [9.17, 15) is 14.7 Å². The number of carbonyl (C=O) groups excluding carboxylic acids is 1. The van der Waals surface area contributed by atoms with Crippen molar-refractivity contribution < 1.29 is 33.8 Å². The van der Waals surface area contributed by atoms with Crippen LogP contribution in [0.25, 0.3) is 0 Å². The fourth-order valence-corrected chi connectivity index (χ4v) is 2.66. The Kier molecular flexibility index (Phi) is 9.70. The summed E-state index contributed by atoms with van der Waals surface area (Å²) >= 11 is 0. The van der Waals surface area contributed by atoms with Crippen LogP contribution in [0.3, 0.4) is 0 Å². The Morgan fingerprint density at radius 2 is 1.77 bits per heavy atom. The summed E-state index contributed by atoms with van der Waals surface area (Å²) in [6.07, 6.45) is 0.800. The molecule has 2 aromatic rings. The van der Waals surface area contributed by atoms with E-state index >= 15 is 0 Å². The number of esters is 1. The highest BCUT2D eigenvalue weighted by atomic mass is 16.7. The number of rotatable bonds is 12. The number of aliphatic carboxylic acids is 1.